The molecule has 0 radical (unpaired) electrons. The van der Waals surface area contributed by atoms with Crippen molar-refractivity contribution in [2.45, 2.75) is 5.37 Å². The first-order chi connectivity index (χ1) is 16.5. The first kappa shape index (κ1) is 22.4. The van der Waals surface area contributed by atoms with Crippen molar-refractivity contribution in [3.05, 3.63) is 94.5 Å². The van der Waals surface area contributed by atoms with Crippen molar-refractivity contribution in [3.63, 3.8) is 0 Å². The maximum absolute atomic E-state index is 13.5. The van der Waals surface area contributed by atoms with Gasteiger partial charge in [-0.05, 0) is 54.1 Å². The molecule has 5 rings (SSSR count). The van der Waals surface area contributed by atoms with E-state index in [9.17, 15) is 9.59 Å². The number of carbonyl (C=O) groups is 2. The van der Waals surface area contributed by atoms with E-state index in [2.05, 4.69) is 21.4 Å². The summed E-state index contributed by atoms with van der Waals surface area (Å²) in [6, 6.07) is 24.5. The average molecular weight is 534 g/mol. The molecular weight excluding hydrogens is 514 g/mol. The zero-order valence-corrected chi connectivity index (χ0v) is 20.6. The smallest absolute Gasteiger partial charge is 0.270 e. The van der Waals surface area contributed by atoms with Crippen molar-refractivity contribution in [3.8, 4) is 17.0 Å². The Hall–Kier alpha value is -3.36. The molecule has 4 aromatic rings. The summed E-state index contributed by atoms with van der Waals surface area (Å²) in [5, 5.41) is 1.86. The molecule has 34 heavy (non-hydrogen) atoms. The number of benzene rings is 3. The van der Waals surface area contributed by atoms with Gasteiger partial charge in [0, 0.05) is 15.4 Å². The number of nitrogens with zero attached hydrogens (tertiary/aromatic N) is 2. The summed E-state index contributed by atoms with van der Waals surface area (Å²) in [5.41, 5.74) is 6.49. The van der Waals surface area contributed by atoms with Gasteiger partial charge in [0.1, 0.15) is 11.1 Å². The number of carbonyl (C=O) groups excluding carboxylic acids is 2. The van der Waals surface area contributed by atoms with Crippen LogP contribution < -0.4 is 10.2 Å². The van der Waals surface area contributed by atoms with Gasteiger partial charge in [-0.25, -0.2) is 9.99 Å². The van der Waals surface area contributed by atoms with Crippen LogP contribution in [-0.4, -0.2) is 34.7 Å². The molecule has 170 valence electrons. The minimum absolute atomic E-state index is 0.139. The van der Waals surface area contributed by atoms with Crippen molar-refractivity contribution in [1.82, 2.24) is 15.4 Å². The van der Waals surface area contributed by atoms with Gasteiger partial charge in [-0.3, -0.25) is 15.0 Å². The summed E-state index contributed by atoms with van der Waals surface area (Å²) in [5.74, 6) is 0.549. The van der Waals surface area contributed by atoms with Crippen LogP contribution >= 0.6 is 27.7 Å². The molecule has 0 bridgehead atoms. The van der Waals surface area contributed by atoms with Gasteiger partial charge in [-0.15, -0.1) is 11.8 Å². The third-order valence-electron chi connectivity index (χ3n) is 5.59. The standard InChI is InChI=1S/C26H20BrN3O3S/c1-33-19-12-8-16(9-13-19)23-14-21(20-4-2-3-5-22(20)28-23)25(32)29-30-24(31)15-34-26(30)17-6-10-18(27)11-7-17/h2-14,26H,15H2,1H3,(H,29,32). The second-order valence-corrected chi connectivity index (χ2v) is 9.70. The lowest BCUT2D eigenvalue weighted by Gasteiger charge is -2.25. The summed E-state index contributed by atoms with van der Waals surface area (Å²) in [6.07, 6.45) is 0. The van der Waals surface area contributed by atoms with Crippen LogP contribution in [0.5, 0.6) is 5.75 Å². The number of para-hydroxylation sites is 1. The van der Waals surface area contributed by atoms with Gasteiger partial charge in [-0.1, -0.05) is 46.3 Å². The zero-order chi connectivity index (χ0) is 23.7. The first-order valence-electron chi connectivity index (χ1n) is 10.6. The highest BCUT2D eigenvalue weighted by atomic mass is 79.9. The number of pyridine rings is 1. The molecule has 1 aliphatic rings. The van der Waals surface area contributed by atoms with Gasteiger partial charge in [0.2, 0.25) is 0 Å². The number of aromatic nitrogens is 1. The average Bonchev–Trinajstić information content (AvgIpc) is 3.23. The van der Waals surface area contributed by atoms with Crippen molar-refractivity contribution in [2.24, 2.45) is 0 Å². The summed E-state index contributed by atoms with van der Waals surface area (Å²) in [4.78, 5) is 30.9. The Labute approximate surface area is 209 Å². The largest absolute Gasteiger partial charge is 0.497 e. The Morgan fingerprint density at radius 1 is 1.09 bits per heavy atom. The number of hydrogen-bond acceptors (Lipinski definition) is 5. The van der Waals surface area contributed by atoms with Crippen LogP contribution in [0.3, 0.4) is 0 Å². The van der Waals surface area contributed by atoms with Crippen molar-refractivity contribution < 1.29 is 14.3 Å². The van der Waals surface area contributed by atoms with Crippen LogP contribution in [0, 0.1) is 0 Å². The van der Waals surface area contributed by atoms with Gasteiger partial charge >= 0.3 is 0 Å². The van der Waals surface area contributed by atoms with E-state index in [1.165, 1.54) is 16.8 Å². The van der Waals surface area contributed by atoms with E-state index in [0.717, 1.165) is 26.7 Å². The molecule has 6 nitrogen and oxygen atoms in total. The van der Waals surface area contributed by atoms with E-state index in [1.807, 2.05) is 72.8 Å². The van der Waals surface area contributed by atoms with Gasteiger partial charge in [0.15, 0.2) is 0 Å². The molecule has 2 amide bonds. The minimum atomic E-state index is -0.355. The fourth-order valence-electron chi connectivity index (χ4n) is 3.86. The molecule has 1 N–H and O–H groups in total. The normalized spacial score (nSPS) is 15.5. The summed E-state index contributed by atoms with van der Waals surface area (Å²) in [7, 11) is 1.62. The molecule has 1 atom stereocenters. The quantitative estimate of drug-likeness (QED) is 0.362. The predicted molar refractivity (Wildman–Crippen MR) is 137 cm³/mol. The Bertz CT molecular complexity index is 1380. The second-order valence-electron chi connectivity index (χ2n) is 7.72. The Morgan fingerprint density at radius 2 is 1.82 bits per heavy atom. The third kappa shape index (κ3) is 4.38. The summed E-state index contributed by atoms with van der Waals surface area (Å²) >= 11 is 4.92. The lowest BCUT2D eigenvalue weighted by Crippen LogP contribution is -2.44. The third-order valence-corrected chi connectivity index (χ3v) is 7.33. The van der Waals surface area contributed by atoms with E-state index in [-0.39, 0.29) is 17.2 Å². The summed E-state index contributed by atoms with van der Waals surface area (Å²) < 4.78 is 6.20. The number of ether oxygens (including phenoxy) is 1. The van der Waals surface area contributed by atoms with E-state index in [4.69, 9.17) is 9.72 Å². The molecule has 0 saturated carbocycles. The van der Waals surface area contributed by atoms with Gasteiger partial charge in [-0.2, -0.15) is 0 Å². The number of thioether (sulfide) groups is 1. The Kier molecular flexibility index (Phi) is 6.26. The van der Waals surface area contributed by atoms with Crippen LogP contribution in [-0.2, 0) is 4.79 Å². The molecule has 3 aromatic carbocycles. The number of amides is 2. The highest BCUT2D eigenvalue weighted by molar-refractivity contribution is 9.10. The van der Waals surface area contributed by atoms with E-state index in [0.29, 0.717) is 22.5 Å². The van der Waals surface area contributed by atoms with Crippen LogP contribution in [0.2, 0.25) is 0 Å². The molecule has 8 heteroatoms. The number of hydrazine groups is 1. The van der Waals surface area contributed by atoms with Crippen LogP contribution in [0.15, 0.2) is 83.3 Å². The monoisotopic (exact) mass is 533 g/mol. The predicted octanol–water partition coefficient (Wildman–Crippen LogP) is 5.59. The minimum Gasteiger partial charge on any atom is -0.497 e. The number of nitrogens with one attached hydrogen (secondary N) is 1. The SMILES string of the molecule is COc1ccc(-c2cc(C(=O)NN3C(=O)CSC3c3ccc(Br)cc3)c3ccccc3n2)cc1. The van der Waals surface area contributed by atoms with Crippen LogP contribution in [0.1, 0.15) is 21.3 Å². The molecule has 1 saturated heterocycles. The van der Waals surface area contributed by atoms with Crippen molar-refractivity contribution in [2.75, 3.05) is 12.9 Å². The highest BCUT2D eigenvalue weighted by Gasteiger charge is 2.34. The van der Waals surface area contributed by atoms with E-state index >= 15 is 0 Å². The summed E-state index contributed by atoms with van der Waals surface area (Å²) in [6.45, 7) is 0. The number of rotatable bonds is 5. The fraction of sp³-hybridized carbons (Fsp3) is 0.115. The lowest BCUT2D eigenvalue weighted by atomic mass is 10.0. The molecule has 2 heterocycles. The topological polar surface area (TPSA) is 71.5 Å². The van der Waals surface area contributed by atoms with Gasteiger partial charge in [0.05, 0.1) is 29.6 Å². The number of hydrogen-bond donors (Lipinski definition) is 1. The Morgan fingerprint density at radius 3 is 2.56 bits per heavy atom. The number of halogens is 1. The Balaban J connectivity index is 1.50. The van der Waals surface area contributed by atoms with Crippen molar-refractivity contribution >= 4 is 50.4 Å². The first-order valence-corrected chi connectivity index (χ1v) is 12.4. The molecule has 1 aromatic heterocycles. The molecular formula is C26H20BrN3O3S. The lowest BCUT2D eigenvalue weighted by molar-refractivity contribution is -0.130. The van der Waals surface area contributed by atoms with Crippen molar-refractivity contribution in [1.29, 1.82) is 0 Å². The highest BCUT2D eigenvalue weighted by Crippen LogP contribution is 2.38. The zero-order valence-electron chi connectivity index (χ0n) is 18.2. The number of fused-ring (bicyclic) bond motifs is 1. The molecule has 1 aliphatic heterocycles. The maximum Gasteiger partial charge on any atom is 0.270 e. The molecule has 1 unspecified atom stereocenters. The maximum atomic E-state index is 13.5. The molecule has 0 aliphatic carbocycles. The fourth-order valence-corrected chi connectivity index (χ4v) is 5.23. The van der Waals surface area contributed by atoms with E-state index in [1.54, 1.807) is 13.2 Å². The van der Waals surface area contributed by atoms with Gasteiger partial charge in [0.25, 0.3) is 11.8 Å². The second kappa shape index (κ2) is 9.48. The van der Waals surface area contributed by atoms with Crippen LogP contribution in [0.25, 0.3) is 22.2 Å². The molecule has 0 spiro atoms. The van der Waals surface area contributed by atoms with E-state index < -0.39 is 0 Å². The number of methoxy groups -OCH3 is 1. The van der Waals surface area contributed by atoms with Crippen LogP contribution in [0.4, 0.5) is 0 Å². The van der Waals surface area contributed by atoms with Gasteiger partial charge < -0.3 is 4.74 Å². The molecule has 1 fully saturated rings.